The second kappa shape index (κ2) is 6.82. The smallest absolute Gasteiger partial charge is 0.233 e. The number of likely N-dealkylation sites (tertiary alicyclic amines) is 1. The molecule has 0 N–H and O–H groups in total. The Morgan fingerprint density at radius 3 is 2.71 bits per heavy atom. The van der Waals surface area contributed by atoms with Gasteiger partial charge in [-0.2, -0.15) is 5.10 Å². The Morgan fingerprint density at radius 2 is 2.04 bits per heavy atom. The van der Waals surface area contributed by atoms with Crippen molar-refractivity contribution in [2.24, 2.45) is 13.0 Å². The van der Waals surface area contributed by atoms with Crippen LogP contribution in [0.5, 0.6) is 5.75 Å². The van der Waals surface area contributed by atoms with Gasteiger partial charge in [0.05, 0.1) is 18.7 Å². The monoisotopic (exact) mass is 331 g/mol. The summed E-state index contributed by atoms with van der Waals surface area (Å²) in [6.07, 6.45) is 4.27. The van der Waals surface area contributed by atoms with E-state index in [1.165, 1.54) is 29.2 Å². The molecule has 24 heavy (non-hydrogen) atoms. The normalized spacial score (nSPS) is 17.6. The van der Waals surface area contributed by atoms with Gasteiger partial charge in [0.25, 0.3) is 0 Å². The Bertz CT molecular complexity index is 742. The van der Waals surface area contributed by atoms with Gasteiger partial charge in [-0.25, -0.2) is 4.39 Å². The van der Waals surface area contributed by atoms with E-state index in [9.17, 15) is 14.0 Å². The highest BCUT2D eigenvalue weighted by atomic mass is 19.1. The molecule has 1 fully saturated rings. The molecule has 0 spiro atoms. The summed E-state index contributed by atoms with van der Waals surface area (Å²) < 4.78 is 19.9. The number of rotatable bonds is 6. The average molecular weight is 331 g/mol. The quantitative estimate of drug-likeness (QED) is 0.754. The predicted octanol–water partition coefficient (Wildman–Crippen LogP) is 1.56. The number of amides is 2. The first-order valence-corrected chi connectivity index (χ1v) is 7.73. The number of hydrogen-bond acceptors (Lipinski definition) is 4. The number of imide groups is 1. The van der Waals surface area contributed by atoms with Crippen molar-refractivity contribution in [3.8, 4) is 5.75 Å². The van der Waals surface area contributed by atoms with Crippen LogP contribution in [0.25, 0.3) is 0 Å². The van der Waals surface area contributed by atoms with Crippen LogP contribution < -0.4 is 4.74 Å². The summed E-state index contributed by atoms with van der Waals surface area (Å²) in [5, 5.41) is 4.07. The van der Waals surface area contributed by atoms with Crippen molar-refractivity contribution in [3.05, 3.63) is 48.0 Å². The number of carbonyl (C=O) groups is 2. The minimum Gasteiger partial charge on any atom is -0.492 e. The number of carbonyl (C=O) groups excluding carboxylic acids is 2. The van der Waals surface area contributed by atoms with Crippen molar-refractivity contribution in [2.45, 2.75) is 12.8 Å². The van der Waals surface area contributed by atoms with E-state index in [0.717, 1.165) is 5.56 Å². The summed E-state index contributed by atoms with van der Waals surface area (Å²) in [4.78, 5) is 25.7. The second-order valence-corrected chi connectivity index (χ2v) is 5.81. The summed E-state index contributed by atoms with van der Waals surface area (Å²) >= 11 is 0. The van der Waals surface area contributed by atoms with E-state index in [1.54, 1.807) is 10.9 Å². The first-order valence-electron chi connectivity index (χ1n) is 7.73. The fourth-order valence-corrected chi connectivity index (χ4v) is 2.79. The average Bonchev–Trinajstić information content (AvgIpc) is 3.07. The summed E-state index contributed by atoms with van der Waals surface area (Å²) in [5.74, 6) is -0.538. The molecule has 0 radical (unpaired) electrons. The molecule has 1 saturated heterocycles. The van der Waals surface area contributed by atoms with Crippen molar-refractivity contribution in [3.63, 3.8) is 0 Å². The van der Waals surface area contributed by atoms with Gasteiger partial charge in [0.15, 0.2) is 0 Å². The van der Waals surface area contributed by atoms with Gasteiger partial charge >= 0.3 is 0 Å². The van der Waals surface area contributed by atoms with Gasteiger partial charge < -0.3 is 4.74 Å². The fourth-order valence-electron chi connectivity index (χ4n) is 2.79. The molecule has 2 amide bonds. The minimum atomic E-state index is -0.342. The molecule has 2 aromatic rings. The van der Waals surface area contributed by atoms with E-state index < -0.39 is 0 Å². The molecule has 0 saturated carbocycles. The van der Waals surface area contributed by atoms with Gasteiger partial charge in [-0.3, -0.25) is 19.2 Å². The highest BCUT2D eigenvalue weighted by molar-refractivity contribution is 6.03. The van der Waals surface area contributed by atoms with Crippen LogP contribution in [0.1, 0.15) is 12.0 Å². The van der Waals surface area contributed by atoms with E-state index in [1.807, 2.05) is 13.2 Å². The lowest BCUT2D eigenvalue weighted by atomic mass is 10.0. The molecule has 1 aliphatic heterocycles. The Hall–Kier alpha value is -2.70. The van der Waals surface area contributed by atoms with E-state index in [-0.39, 0.29) is 43.1 Å². The summed E-state index contributed by atoms with van der Waals surface area (Å²) in [6.45, 7) is 0.376. The van der Waals surface area contributed by atoms with Crippen LogP contribution in [-0.4, -0.2) is 39.6 Å². The van der Waals surface area contributed by atoms with Crippen LogP contribution in [0.2, 0.25) is 0 Å². The number of halogens is 1. The van der Waals surface area contributed by atoms with Crippen molar-refractivity contribution in [1.82, 2.24) is 14.7 Å². The van der Waals surface area contributed by atoms with Crippen LogP contribution in [0.4, 0.5) is 4.39 Å². The van der Waals surface area contributed by atoms with Crippen molar-refractivity contribution in [2.75, 3.05) is 13.2 Å². The van der Waals surface area contributed by atoms with Crippen molar-refractivity contribution in [1.29, 1.82) is 0 Å². The molecule has 126 valence electrons. The Morgan fingerprint density at radius 1 is 1.29 bits per heavy atom. The maximum Gasteiger partial charge on any atom is 0.233 e. The van der Waals surface area contributed by atoms with Gasteiger partial charge in [0.1, 0.15) is 18.2 Å². The molecule has 1 aromatic heterocycles. The highest BCUT2D eigenvalue weighted by Gasteiger charge is 2.38. The van der Waals surface area contributed by atoms with Gasteiger partial charge in [0.2, 0.25) is 11.8 Å². The molecule has 3 rings (SSSR count). The Kier molecular flexibility index (Phi) is 4.59. The lowest BCUT2D eigenvalue weighted by Crippen LogP contribution is -2.34. The third-order valence-corrected chi connectivity index (χ3v) is 3.98. The largest absolute Gasteiger partial charge is 0.492 e. The first kappa shape index (κ1) is 16.2. The molecule has 1 atom stereocenters. The predicted molar refractivity (Wildman–Crippen MR) is 83.6 cm³/mol. The van der Waals surface area contributed by atoms with Crippen LogP contribution in [0.15, 0.2) is 36.7 Å². The number of ether oxygens (including phenoxy) is 1. The number of aromatic nitrogens is 2. The van der Waals surface area contributed by atoms with Crippen molar-refractivity contribution < 1.29 is 18.7 Å². The maximum absolute atomic E-state index is 12.8. The van der Waals surface area contributed by atoms with Crippen LogP contribution in [0, 0.1) is 11.7 Å². The minimum absolute atomic E-state index is 0.174. The topological polar surface area (TPSA) is 64.4 Å². The Labute approximate surface area is 138 Å². The SMILES string of the molecule is Cn1cc(C[C@@H]2CC(=O)N(CCOc3ccc(F)cc3)C2=O)cn1. The molecule has 0 aliphatic carbocycles. The summed E-state index contributed by atoms with van der Waals surface area (Å²) in [5.41, 5.74) is 0.938. The summed E-state index contributed by atoms with van der Waals surface area (Å²) in [7, 11) is 1.81. The maximum atomic E-state index is 12.8. The molecule has 6 nitrogen and oxygen atoms in total. The van der Waals surface area contributed by atoms with Crippen LogP contribution >= 0.6 is 0 Å². The second-order valence-electron chi connectivity index (χ2n) is 5.81. The lowest BCUT2D eigenvalue weighted by molar-refractivity contribution is -0.139. The third kappa shape index (κ3) is 3.61. The number of hydrogen-bond donors (Lipinski definition) is 0. The van der Waals surface area contributed by atoms with E-state index in [0.29, 0.717) is 12.2 Å². The third-order valence-electron chi connectivity index (χ3n) is 3.98. The van der Waals surface area contributed by atoms with E-state index in [2.05, 4.69) is 5.10 Å². The molecule has 7 heteroatoms. The van der Waals surface area contributed by atoms with E-state index >= 15 is 0 Å². The Balaban J connectivity index is 1.53. The molecule has 1 aliphatic rings. The number of aryl methyl sites for hydroxylation is 1. The zero-order chi connectivity index (χ0) is 17.1. The van der Waals surface area contributed by atoms with Crippen LogP contribution in [0.3, 0.4) is 0 Å². The number of benzene rings is 1. The summed E-state index contributed by atoms with van der Waals surface area (Å²) in [6, 6.07) is 5.61. The fraction of sp³-hybridized carbons (Fsp3) is 0.353. The van der Waals surface area contributed by atoms with Gasteiger partial charge in [-0.15, -0.1) is 0 Å². The highest BCUT2D eigenvalue weighted by Crippen LogP contribution is 2.23. The zero-order valence-corrected chi connectivity index (χ0v) is 13.3. The van der Waals surface area contributed by atoms with Gasteiger partial charge in [0, 0.05) is 19.7 Å². The van der Waals surface area contributed by atoms with Crippen LogP contribution in [-0.2, 0) is 23.1 Å². The molecule has 1 aromatic carbocycles. The molecule has 0 bridgehead atoms. The molecular formula is C17H18FN3O3. The molecule has 0 unspecified atom stereocenters. The van der Waals surface area contributed by atoms with Gasteiger partial charge in [-0.1, -0.05) is 0 Å². The lowest BCUT2D eigenvalue weighted by Gasteiger charge is -2.15. The number of nitrogens with zero attached hydrogens (tertiary/aromatic N) is 3. The standard InChI is InChI=1S/C17H18FN3O3/c1-20-11-12(10-19-20)8-13-9-16(22)21(17(13)23)6-7-24-15-4-2-14(18)3-5-15/h2-5,10-11,13H,6-9H2,1H3/t13-/m1/s1. The van der Waals surface area contributed by atoms with Gasteiger partial charge in [-0.05, 0) is 36.2 Å². The van der Waals surface area contributed by atoms with Crippen molar-refractivity contribution >= 4 is 11.8 Å². The molecular weight excluding hydrogens is 313 g/mol. The first-order chi connectivity index (χ1) is 11.5. The molecule has 2 heterocycles. The van der Waals surface area contributed by atoms with E-state index in [4.69, 9.17) is 4.74 Å². The zero-order valence-electron chi connectivity index (χ0n) is 13.3.